The lowest BCUT2D eigenvalue weighted by molar-refractivity contribution is -0.155. The van der Waals surface area contributed by atoms with Crippen LogP contribution in [0.25, 0.3) is 0 Å². The van der Waals surface area contributed by atoms with Gasteiger partial charge in [0.15, 0.2) is 11.5 Å². The zero-order chi connectivity index (χ0) is 28.7. The molecule has 3 aliphatic rings. The molecule has 10 heteroatoms. The Morgan fingerprint density at radius 3 is 2.39 bits per heavy atom. The van der Waals surface area contributed by atoms with Crippen LogP contribution in [0.15, 0.2) is 84.0 Å². The molecule has 4 amide bonds. The molecule has 3 aliphatic heterocycles. The molecule has 3 aromatic carbocycles. The fourth-order valence-electron chi connectivity index (χ4n) is 6.31. The number of ether oxygens (including phenoxy) is 2. The zero-order valence-corrected chi connectivity index (χ0v) is 22.5. The fourth-order valence-corrected chi connectivity index (χ4v) is 6.31. The van der Waals surface area contributed by atoms with Crippen molar-refractivity contribution in [3.8, 4) is 5.75 Å². The summed E-state index contributed by atoms with van der Waals surface area (Å²) in [5.41, 5.74) is 0.648. The Kier molecular flexibility index (Phi) is 6.53. The monoisotopic (exact) mass is 552 g/mol. The SMILES string of the molecule is CCOC(=O)[C@@H]1[C@H](c2ccc(OC)cc2)[C@]2(C(=O)NC(=O)N(Cc3ccccc3)C2=O)[C@H]2c3ccccc3C=NN12. The molecule has 10 nitrogen and oxygen atoms in total. The number of barbiturate groups is 1. The molecule has 4 atom stereocenters. The quantitative estimate of drug-likeness (QED) is 0.368. The van der Waals surface area contributed by atoms with E-state index < -0.39 is 47.2 Å². The highest BCUT2D eigenvalue weighted by molar-refractivity contribution is 6.21. The Bertz CT molecular complexity index is 1560. The van der Waals surface area contributed by atoms with Crippen LogP contribution in [0.4, 0.5) is 4.79 Å². The number of methoxy groups -OCH3 is 1. The highest BCUT2D eigenvalue weighted by atomic mass is 16.5. The lowest BCUT2D eigenvalue weighted by Crippen LogP contribution is -2.66. The Hall–Kier alpha value is -4.99. The van der Waals surface area contributed by atoms with Gasteiger partial charge in [0.05, 0.1) is 32.5 Å². The van der Waals surface area contributed by atoms with Gasteiger partial charge in [-0.05, 0) is 41.3 Å². The molecule has 1 N–H and O–H groups in total. The van der Waals surface area contributed by atoms with Gasteiger partial charge in [0.2, 0.25) is 11.8 Å². The van der Waals surface area contributed by atoms with Crippen molar-refractivity contribution in [2.75, 3.05) is 13.7 Å². The summed E-state index contributed by atoms with van der Waals surface area (Å²) in [5.74, 6) is -2.61. The molecule has 1 spiro atoms. The number of esters is 1. The maximum Gasteiger partial charge on any atom is 0.331 e. The molecule has 0 saturated carbocycles. The van der Waals surface area contributed by atoms with Crippen LogP contribution in [0.3, 0.4) is 0 Å². The first kappa shape index (κ1) is 26.2. The van der Waals surface area contributed by atoms with Crippen LogP contribution in [0, 0.1) is 5.41 Å². The van der Waals surface area contributed by atoms with E-state index in [0.717, 1.165) is 4.90 Å². The third-order valence-electron chi connectivity index (χ3n) is 8.03. The summed E-state index contributed by atoms with van der Waals surface area (Å²) in [6.07, 6.45) is 1.61. The minimum Gasteiger partial charge on any atom is -0.497 e. The topological polar surface area (TPSA) is 118 Å². The van der Waals surface area contributed by atoms with Crippen LogP contribution < -0.4 is 10.1 Å². The second-order valence-electron chi connectivity index (χ2n) is 10.1. The first-order chi connectivity index (χ1) is 19.9. The molecule has 0 aliphatic carbocycles. The number of nitrogens with zero attached hydrogens (tertiary/aromatic N) is 3. The normalized spacial score (nSPS) is 24.6. The van der Waals surface area contributed by atoms with Gasteiger partial charge in [0.25, 0.3) is 0 Å². The third-order valence-corrected chi connectivity index (χ3v) is 8.03. The maximum atomic E-state index is 14.9. The number of urea groups is 1. The van der Waals surface area contributed by atoms with Crippen molar-refractivity contribution in [1.29, 1.82) is 0 Å². The second-order valence-corrected chi connectivity index (χ2v) is 10.1. The van der Waals surface area contributed by atoms with Gasteiger partial charge in [0, 0.05) is 5.92 Å². The van der Waals surface area contributed by atoms with Crippen LogP contribution in [0.1, 0.15) is 41.1 Å². The molecule has 3 aromatic rings. The van der Waals surface area contributed by atoms with Gasteiger partial charge in [-0.15, -0.1) is 0 Å². The number of carbonyl (C=O) groups excluding carboxylic acids is 4. The summed E-state index contributed by atoms with van der Waals surface area (Å²) in [6.45, 7) is 1.73. The van der Waals surface area contributed by atoms with E-state index in [9.17, 15) is 19.2 Å². The average molecular weight is 553 g/mol. The van der Waals surface area contributed by atoms with Crippen molar-refractivity contribution in [3.05, 3.63) is 101 Å². The highest BCUT2D eigenvalue weighted by Gasteiger charge is 2.73. The molecular weight excluding hydrogens is 524 g/mol. The summed E-state index contributed by atoms with van der Waals surface area (Å²) in [6, 6.07) is 20.3. The van der Waals surface area contributed by atoms with Gasteiger partial charge >= 0.3 is 12.0 Å². The molecule has 3 heterocycles. The predicted molar refractivity (Wildman–Crippen MR) is 148 cm³/mol. The molecule has 2 fully saturated rings. The van der Waals surface area contributed by atoms with Crippen LogP contribution >= 0.6 is 0 Å². The molecule has 208 valence electrons. The second kappa shape index (κ2) is 10.2. The molecule has 0 aromatic heterocycles. The molecule has 0 radical (unpaired) electrons. The predicted octanol–water partition coefficient (Wildman–Crippen LogP) is 3.38. The number of imide groups is 2. The van der Waals surface area contributed by atoms with Crippen molar-refractivity contribution in [1.82, 2.24) is 15.2 Å². The standard InChI is InChI=1S/C31H28N4O6/c1-3-41-27(36)25-24(20-13-15-22(40-2)16-14-20)31(26-23-12-8-7-11-21(23)17-32-35(25)26)28(37)33-30(39)34(29(31)38)18-19-9-5-4-6-10-19/h4-17,24-26H,3,18H2,1-2H3,(H,33,37,39)/t24-,25-,26+,31+/m0/s1. The first-order valence-electron chi connectivity index (χ1n) is 13.3. The lowest BCUT2D eigenvalue weighted by atomic mass is 9.64. The van der Waals surface area contributed by atoms with E-state index in [1.165, 1.54) is 12.1 Å². The smallest absolute Gasteiger partial charge is 0.331 e. The van der Waals surface area contributed by atoms with E-state index in [1.807, 2.05) is 42.5 Å². The number of hydrazone groups is 1. The van der Waals surface area contributed by atoms with Crippen molar-refractivity contribution in [3.63, 3.8) is 0 Å². The summed E-state index contributed by atoms with van der Waals surface area (Å²) in [7, 11) is 1.53. The number of nitrogens with one attached hydrogen (secondary N) is 1. The maximum absolute atomic E-state index is 14.9. The zero-order valence-electron chi connectivity index (χ0n) is 22.5. The number of fused-ring (bicyclic) bond motifs is 4. The van der Waals surface area contributed by atoms with E-state index in [4.69, 9.17) is 9.47 Å². The van der Waals surface area contributed by atoms with Crippen molar-refractivity contribution in [2.45, 2.75) is 31.5 Å². The van der Waals surface area contributed by atoms with Crippen LogP contribution in [0.2, 0.25) is 0 Å². The molecule has 41 heavy (non-hydrogen) atoms. The van der Waals surface area contributed by atoms with Gasteiger partial charge in [-0.1, -0.05) is 66.7 Å². The van der Waals surface area contributed by atoms with Crippen LogP contribution in [-0.4, -0.2) is 59.7 Å². The van der Waals surface area contributed by atoms with E-state index in [2.05, 4.69) is 10.4 Å². The first-order valence-corrected chi connectivity index (χ1v) is 13.3. The van der Waals surface area contributed by atoms with Crippen LogP contribution in [0.5, 0.6) is 5.75 Å². The van der Waals surface area contributed by atoms with Gasteiger partial charge in [0.1, 0.15) is 5.75 Å². The van der Waals surface area contributed by atoms with Crippen molar-refractivity contribution >= 4 is 30.0 Å². The Morgan fingerprint density at radius 2 is 1.68 bits per heavy atom. The minimum absolute atomic E-state index is 0.0580. The third kappa shape index (κ3) is 3.97. The number of hydrogen-bond donors (Lipinski definition) is 1. The summed E-state index contributed by atoms with van der Waals surface area (Å²) in [5, 5.41) is 8.59. The summed E-state index contributed by atoms with van der Waals surface area (Å²) >= 11 is 0. The Morgan fingerprint density at radius 1 is 0.976 bits per heavy atom. The number of amides is 4. The van der Waals surface area contributed by atoms with E-state index >= 15 is 0 Å². The Labute approximate surface area is 236 Å². The van der Waals surface area contributed by atoms with Crippen molar-refractivity contribution < 1.29 is 28.7 Å². The average Bonchev–Trinajstić information content (AvgIpc) is 3.32. The van der Waals surface area contributed by atoms with E-state index in [-0.39, 0.29) is 13.2 Å². The summed E-state index contributed by atoms with van der Waals surface area (Å²) in [4.78, 5) is 57.2. The molecular formula is C31H28N4O6. The largest absolute Gasteiger partial charge is 0.497 e. The lowest BCUT2D eigenvalue weighted by Gasteiger charge is -2.44. The van der Waals surface area contributed by atoms with Gasteiger partial charge < -0.3 is 9.47 Å². The fraction of sp³-hybridized carbons (Fsp3) is 0.258. The Balaban J connectivity index is 1.61. The number of rotatable bonds is 6. The van der Waals surface area contributed by atoms with Gasteiger partial charge in [-0.2, -0.15) is 5.10 Å². The minimum atomic E-state index is -1.94. The van der Waals surface area contributed by atoms with E-state index in [0.29, 0.717) is 28.0 Å². The highest BCUT2D eigenvalue weighted by Crippen LogP contribution is 2.61. The van der Waals surface area contributed by atoms with Crippen LogP contribution in [-0.2, 0) is 25.7 Å². The van der Waals surface area contributed by atoms with E-state index in [1.54, 1.807) is 49.5 Å². The van der Waals surface area contributed by atoms with Crippen molar-refractivity contribution in [2.24, 2.45) is 10.5 Å². The van der Waals surface area contributed by atoms with Gasteiger partial charge in [-0.25, -0.2) is 9.59 Å². The number of benzene rings is 3. The molecule has 0 unspecified atom stereocenters. The molecule has 0 bridgehead atoms. The van der Waals surface area contributed by atoms with Gasteiger partial charge in [-0.3, -0.25) is 24.8 Å². The molecule has 2 saturated heterocycles. The summed E-state index contributed by atoms with van der Waals surface area (Å²) < 4.78 is 10.8. The molecule has 6 rings (SSSR count). The number of carbonyl (C=O) groups is 4. The number of hydrogen-bond acceptors (Lipinski definition) is 8.